The number of fused-ring (bicyclic) bond motifs is 1. The van der Waals surface area contributed by atoms with Gasteiger partial charge in [0.1, 0.15) is 5.54 Å². The molecule has 0 unspecified atom stereocenters. The SMILES string of the molecule is Cl.NC1(C(=O)N2CCc3cc(Br)ccc32)CCOCC1. The van der Waals surface area contributed by atoms with Gasteiger partial charge in [0.25, 0.3) is 0 Å². The van der Waals surface area contributed by atoms with Crippen molar-refractivity contribution in [3.05, 3.63) is 28.2 Å². The molecule has 2 aliphatic rings. The van der Waals surface area contributed by atoms with Gasteiger partial charge in [-0.1, -0.05) is 15.9 Å². The number of ether oxygens (including phenoxy) is 1. The van der Waals surface area contributed by atoms with E-state index in [1.165, 1.54) is 5.56 Å². The minimum atomic E-state index is -0.757. The van der Waals surface area contributed by atoms with Gasteiger partial charge in [0.15, 0.2) is 0 Å². The lowest BCUT2D eigenvalue weighted by Gasteiger charge is -2.35. The van der Waals surface area contributed by atoms with Crippen LogP contribution in [0.4, 0.5) is 5.69 Å². The number of hydrogen-bond acceptors (Lipinski definition) is 3. The van der Waals surface area contributed by atoms with Crippen LogP contribution < -0.4 is 10.6 Å². The van der Waals surface area contributed by atoms with E-state index in [1.54, 1.807) is 0 Å². The van der Waals surface area contributed by atoms with Crippen LogP contribution >= 0.6 is 28.3 Å². The zero-order valence-corrected chi connectivity index (χ0v) is 13.5. The molecule has 1 aromatic rings. The summed E-state index contributed by atoms with van der Waals surface area (Å²) in [5, 5.41) is 0. The standard InChI is InChI=1S/C14H17BrN2O2.ClH/c15-11-1-2-12-10(9-11)3-6-17(12)13(18)14(16)4-7-19-8-5-14;/h1-2,9H,3-8,16H2;1H. The second-order valence-corrected chi connectivity index (χ2v) is 6.16. The number of carbonyl (C=O) groups is 1. The average molecular weight is 362 g/mol. The second-order valence-electron chi connectivity index (χ2n) is 5.25. The van der Waals surface area contributed by atoms with Gasteiger partial charge in [0.2, 0.25) is 5.91 Å². The number of nitrogens with two attached hydrogens (primary N) is 1. The van der Waals surface area contributed by atoms with Crippen molar-refractivity contribution in [2.24, 2.45) is 5.73 Å². The summed E-state index contributed by atoms with van der Waals surface area (Å²) in [5.74, 6) is 0.0388. The van der Waals surface area contributed by atoms with Crippen molar-refractivity contribution in [2.45, 2.75) is 24.8 Å². The Morgan fingerprint density at radius 1 is 1.35 bits per heavy atom. The van der Waals surface area contributed by atoms with E-state index in [0.717, 1.165) is 23.1 Å². The van der Waals surface area contributed by atoms with E-state index in [4.69, 9.17) is 10.5 Å². The first-order valence-electron chi connectivity index (χ1n) is 6.57. The van der Waals surface area contributed by atoms with Gasteiger partial charge in [0.05, 0.1) is 0 Å². The lowest BCUT2D eigenvalue weighted by atomic mass is 9.89. The van der Waals surface area contributed by atoms with Crippen molar-refractivity contribution in [1.82, 2.24) is 0 Å². The summed E-state index contributed by atoms with van der Waals surface area (Å²) in [6.45, 7) is 1.87. The quantitative estimate of drug-likeness (QED) is 0.835. The van der Waals surface area contributed by atoms with Crippen molar-refractivity contribution in [1.29, 1.82) is 0 Å². The molecule has 1 aromatic carbocycles. The van der Waals surface area contributed by atoms with Gasteiger partial charge < -0.3 is 15.4 Å². The fraction of sp³-hybridized carbons (Fsp3) is 0.500. The molecule has 4 nitrogen and oxygen atoms in total. The highest BCUT2D eigenvalue weighted by Crippen LogP contribution is 2.33. The van der Waals surface area contributed by atoms with Gasteiger partial charge in [-0.05, 0) is 43.0 Å². The third-order valence-corrected chi connectivity index (χ3v) is 4.49. The Bertz CT molecular complexity index is 518. The molecule has 110 valence electrons. The van der Waals surface area contributed by atoms with E-state index in [9.17, 15) is 4.79 Å². The summed E-state index contributed by atoms with van der Waals surface area (Å²) in [6.07, 6.45) is 2.11. The molecule has 20 heavy (non-hydrogen) atoms. The molecular formula is C14H18BrClN2O2. The number of carbonyl (C=O) groups excluding carboxylic acids is 1. The number of hydrogen-bond donors (Lipinski definition) is 1. The highest BCUT2D eigenvalue weighted by molar-refractivity contribution is 9.10. The summed E-state index contributed by atoms with van der Waals surface area (Å²) in [5.41, 5.74) is 7.74. The molecule has 0 saturated carbocycles. The molecule has 0 spiro atoms. The van der Waals surface area contributed by atoms with E-state index < -0.39 is 5.54 Å². The molecule has 0 atom stereocenters. The second kappa shape index (κ2) is 6.02. The summed E-state index contributed by atoms with van der Waals surface area (Å²) in [7, 11) is 0. The van der Waals surface area contributed by atoms with Crippen molar-refractivity contribution < 1.29 is 9.53 Å². The van der Waals surface area contributed by atoms with E-state index in [0.29, 0.717) is 26.1 Å². The Balaban J connectivity index is 0.00000147. The van der Waals surface area contributed by atoms with Gasteiger partial charge >= 0.3 is 0 Å². The third kappa shape index (κ3) is 2.72. The smallest absolute Gasteiger partial charge is 0.247 e. The summed E-state index contributed by atoms with van der Waals surface area (Å²) in [4.78, 5) is 14.5. The lowest BCUT2D eigenvalue weighted by Crippen LogP contribution is -2.58. The molecule has 2 aliphatic heterocycles. The van der Waals surface area contributed by atoms with Crippen LogP contribution in [0.15, 0.2) is 22.7 Å². The first-order chi connectivity index (χ1) is 9.10. The molecule has 1 saturated heterocycles. The maximum atomic E-state index is 12.7. The number of rotatable bonds is 1. The maximum absolute atomic E-state index is 12.7. The van der Waals surface area contributed by atoms with Crippen LogP contribution in [0.1, 0.15) is 18.4 Å². The van der Waals surface area contributed by atoms with Crippen molar-refractivity contribution in [3.63, 3.8) is 0 Å². The summed E-state index contributed by atoms with van der Waals surface area (Å²) < 4.78 is 6.36. The van der Waals surface area contributed by atoms with Crippen LogP contribution in [-0.4, -0.2) is 31.2 Å². The fourth-order valence-corrected chi connectivity index (χ4v) is 3.21. The van der Waals surface area contributed by atoms with Gasteiger partial charge in [0, 0.05) is 29.9 Å². The lowest BCUT2D eigenvalue weighted by molar-refractivity contribution is -0.126. The number of halogens is 2. The minimum Gasteiger partial charge on any atom is -0.381 e. The van der Waals surface area contributed by atoms with E-state index in [2.05, 4.69) is 22.0 Å². The van der Waals surface area contributed by atoms with Crippen molar-refractivity contribution >= 4 is 39.9 Å². The van der Waals surface area contributed by atoms with Crippen LogP contribution in [0.3, 0.4) is 0 Å². The number of benzene rings is 1. The third-order valence-electron chi connectivity index (χ3n) is 3.99. The first kappa shape index (κ1) is 15.8. The van der Waals surface area contributed by atoms with Gasteiger partial charge in [-0.2, -0.15) is 0 Å². The highest BCUT2D eigenvalue weighted by atomic mass is 79.9. The summed E-state index contributed by atoms with van der Waals surface area (Å²) >= 11 is 3.46. The molecule has 0 aliphatic carbocycles. The Kier molecular flexibility index (Phi) is 4.74. The van der Waals surface area contributed by atoms with Crippen LogP contribution in [-0.2, 0) is 16.0 Å². The van der Waals surface area contributed by atoms with Crippen LogP contribution in [0.25, 0.3) is 0 Å². The number of amides is 1. The van der Waals surface area contributed by atoms with Crippen molar-refractivity contribution in [2.75, 3.05) is 24.7 Å². The zero-order chi connectivity index (χ0) is 13.5. The average Bonchev–Trinajstić information content (AvgIpc) is 2.81. The monoisotopic (exact) mass is 360 g/mol. The summed E-state index contributed by atoms with van der Waals surface area (Å²) in [6, 6.07) is 6.04. The molecule has 3 rings (SSSR count). The molecule has 2 N–H and O–H groups in total. The van der Waals surface area contributed by atoms with Crippen LogP contribution in [0.5, 0.6) is 0 Å². The Morgan fingerprint density at radius 2 is 2.05 bits per heavy atom. The Morgan fingerprint density at radius 3 is 2.75 bits per heavy atom. The van der Waals surface area contributed by atoms with E-state index in [1.807, 2.05) is 17.0 Å². The minimum absolute atomic E-state index is 0. The maximum Gasteiger partial charge on any atom is 0.247 e. The van der Waals surface area contributed by atoms with Crippen molar-refractivity contribution in [3.8, 4) is 0 Å². The van der Waals surface area contributed by atoms with Crippen LogP contribution in [0.2, 0.25) is 0 Å². The van der Waals surface area contributed by atoms with Gasteiger partial charge in [-0.25, -0.2) is 0 Å². The molecule has 1 amide bonds. The van der Waals surface area contributed by atoms with E-state index in [-0.39, 0.29) is 18.3 Å². The fourth-order valence-electron chi connectivity index (χ4n) is 2.80. The molecule has 0 aromatic heterocycles. The molecule has 6 heteroatoms. The normalized spacial score (nSPS) is 20.2. The predicted octanol–water partition coefficient (Wildman–Crippen LogP) is 2.27. The van der Waals surface area contributed by atoms with Crippen LogP contribution in [0, 0.1) is 0 Å². The molecule has 0 radical (unpaired) electrons. The topological polar surface area (TPSA) is 55.6 Å². The molecule has 2 heterocycles. The van der Waals surface area contributed by atoms with Gasteiger partial charge in [-0.3, -0.25) is 4.79 Å². The molecular weight excluding hydrogens is 344 g/mol. The Labute approximate surface area is 133 Å². The Hall–Kier alpha value is -0.620. The first-order valence-corrected chi connectivity index (χ1v) is 7.36. The largest absolute Gasteiger partial charge is 0.381 e. The molecule has 0 bridgehead atoms. The van der Waals surface area contributed by atoms with Gasteiger partial charge in [-0.15, -0.1) is 12.4 Å². The predicted molar refractivity (Wildman–Crippen MR) is 84.4 cm³/mol. The number of nitrogens with zero attached hydrogens (tertiary/aromatic N) is 1. The highest BCUT2D eigenvalue weighted by Gasteiger charge is 2.41. The molecule has 1 fully saturated rings. The number of anilines is 1. The van der Waals surface area contributed by atoms with E-state index >= 15 is 0 Å². The zero-order valence-electron chi connectivity index (χ0n) is 11.1.